The third kappa shape index (κ3) is 3.43. The third-order valence-corrected chi connectivity index (χ3v) is 2.57. The Morgan fingerprint density at radius 3 is 2.15 bits per heavy atom. The Morgan fingerprint density at radius 1 is 1.25 bits per heavy atom. The Labute approximate surface area is 113 Å². The van der Waals surface area contributed by atoms with Crippen molar-refractivity contribution in [2.45, 2.75) is 25.9 Å². The number of benzene rings is 1. The summed E-state index contributed by atoms with van der Waals surface area (Å²) >= 11 is 0. The van der Waals surface area contributed by atoms with Crippen LogP contribution in [0.25, 0.3) is 0 Å². The van der Waals surface area contributed by atoms with Gasteiger partial charge in [0.05, 0.1) is 5.56 Å². The van der Waals surface area contributed by atoms with Crippen LogP contribution in [0.4, 0.5) is 8.78 Å². The average Bonchev–Trinajstić information content (AvgIpc) is 2.35. The van der Waals surface area contributed by atoms with Crippen LogP contribution in [-0.4, -0.2) is 29.1 Å². The van der Waals surface area contributed by atoms with Crippen molar-refractivity contribution >= 4 is 11.9 Å². The SMILES string of the molecule is CC(C)C(OC(=O)c1ccc(O)cc1)C(F)(F)C(=O)[O-]. The molecular weight excluding hydrogens is 274 g/mol. The Bertz CT molecular complexity index is 496. The minimum atomic E-state index is -4.29. The van der Waals surface area contributed by atoms with Gasteiger partial charge in [0.25, 0.3) is 0 Å². The van der Waals surface area contributed by atoms with Crippen LogP contribution in [0.3, 0.4) is 0 Å². The second-order valence-electron chi connectivity index (χ2n) is 4.53. The number of carbonyl (C=O) groups excluding carboxylic acids is 2. The molecule has 0 spiro atoms. The molecule has 0 heterocycles. The van der Waals surface area contributed by atoms with Crippen molar-refractivity contribution < 1.29 is 33.3 Å². The number of hydrogen-bond acceptors (Lipinski definition) is 5. The van der Waals surface area contributed by atoms with Crippen molar-refractivity contribution in [1.29, 1.82) is 0 Å². The van der Waals surface area contributed by atoms with E-state index in [2.05, 4.69) is 4.74 Å². The molecule has 0 fully saturated rings. The number of aromatic hydroxyl groups is 1. The quantitative estimate of drug-likeness (QED) is 0.815. The molecule has 1 rings (SSSR count). The first-order chi connectivity index (χ1) is 9.16. The molecule has 0 saturated carbocycles. The van der Waals surface area contributed by atoms with Crippen molar-refractivity contribution in [1.82, 2.24) is 0 Å². The van der Waals surface area contributed by atoms with E-state index in [9.17, 15) is 23.5 Å². The Balaban J connectivity index is 2.94. The highest BCUT2D eigenvalue weighted by molar-refractivity contribution is 5.90. The van der Waals surface area contributed by atoms with Gasteiger partial charge in [0.15, 0.2) is 6.10 Å². The topological polar surface area (TPSA) is 86.7 Å². The lowest BCUT2D eigenvalue weighted by atomic mass is 10.0. The molecule has 1 aromatic rings. The summed E-state index contributed by atoms with van der Waals surface area (Å²) < 4.78 is 31.4. The fourth-order valence-electron chi connectivity index (χ4n) is 1.53. The number of carboxylic acid groups (broad SMARTS) is 1. The number of halogens is 2. The van der Waals surface area contributed by atoms with Crippen LogP contribution in [0.15, 0.2) is 24.3 Å². The van der Waals surface area contributed by atoms with Crippen molar-refractivity contribution in [3.8, 4) is 5.75 Å². The minimum Gasteiger partial charge on any atom is -0.544 e. The van der Waals surface area contributed by atoms with Crippen LogP contribution in [0, 0.1) is 5.92 Å². The lowest BCUT2D eigenvalue weighted by Crippen LogP contribution is -2.53. The van der Waals surface area contributed by atoms with Crippen molar-refractivity contribution in [2.75, 3.05) is 0 Å². The first-order valence-corrected chi connectivity index (χ1v) is 5.75. The highest BCUT2D eigenvalue weighted by Crippen LogP contribution is 2.27. The molecule has 110 valence electrons. The molecule has 0 aromatic heterocycles. The standard InChI is InChI=1S/C13H14F2O5/c1-7(2)10(13(14,15)12(18)19)20-11(17)8-3-5-9(16)6-4-8/h3-7,10,16H,1-2H3,(H,18,19)/p-1. The number of carbonyl (C=O) groups is 2. The Kier molecular flexibility index (Phi) is 4.65. The molecule has 0 radical (unpaired) electrons. The zero-order valence-electron chi connectivity index (χ0n) is 10.8. The van der Waals surface area contributed by atoms with E-state index in [4.69, 9.17) is 5.11 Å². The maximum atomic E-state index is 13.4. The van der Waals surface area contributed by atoms with Gasteiger partial charge in [0, 0.05) is 0 Å². The van der Waals surface area contributed by atoms with E-state index in [1.54, 1.807) is 0 Å². The van der Waals surface area contributed by atoms with Crippen molar-refractivity contribution in [3.63, 3.8) is 0 Å². The average molecular weight is 287 g/mol. The monoisotopic (exact) mass is 287 g/mol. The first kappa shape index (κ1) is 15.9. The van der Waals surface area contributed by atoms with Crippen LogP contribution < -0.4 is 5.11 Å². The molecule has 0 amide bonds. The highest BCUT2D eigenvalue weighted by Gasteiger charge is 2.46. The van der Waals surface area contributed by atoms with Gasteiger partial charge in [-0.25, -0.2) is 4.79 Å². The molecule has 0 aliphatic carbocycles. The van der Waals surface area contributed by atoms with Gasteiger partial charge in [-0.3, -0.25) is 0 Å². The molecule has 7 heteroatoms. The number of carboxylic acids is 1. The zero-order valence-corrected chi connectivity index (χ0v) is 10.8. The van der Waals surface area contributed by atoms with Gasteiger partial charge in [0.2, 0.25) is 0 Å². The number of hydrogen-bond donors (Lipinski definition) is 1. The fourth-order valence-corrected chi connectivity index (χ4v) is 1.53. The maximum Gasteiger partial charge on any atom is 0.338 e. The summed E-state index contributed by atoms with van der Waals surface area (Å²) in [5.41, 5.74) is -0.0809. The summed E-state index contributed by atoms with van der Waals surface area (Å²) in [5.74, 6) is -9.04. The van der Waals surface area contributed by atoms with E-state index in [0.29, 0.717) is 0 Å². The number of aliphatic carboxylic acids is 1. The van der Waals surface area contributed by atoms with E-state index >= 15 is 0 Å². The summed E-state index contributed by atoms with van der Waals surface area (Å²) in [6.07, 6.45) is -2.14. The molecule has 1 N–H and O–H groups in total. The fraction of sp³-hybridized carbons (Fsp3) is 0.385. The van der Waals surface area contributed by atoms with E-state index < -0.39 is 29.9 Å². The number of alkyl halides is 2. The normalized spacial score (nSPS) is 13.1. The summed E-state index contributed by atoms with van der Waals surface area (Å²) in [6.45, 7) is 2.59. The summed E-state index contributed by atoms with van der Waals surface area (Å²) in [7, 11) is 0. The zero-order chi connectivity index (χ0) is 15.5. The minimum absolute atomic E-state index is 0.0809. The Hall–Kier alpha value is -2.18. The summed E-state index contributed by atoms with van der Waals surface area (Å²) in [4.78, 5) is 22.1. The lowest BCUT2D eigenvalue weighted by Gasteiger charge is -2.30. The van der Waals surface area contributed by atoms with Crippen LogP contribution in [0.2, 0.25) is 0 Å². The molecule has 1 atom stereocenters. The second-order valence-corrected chi connectivity index (χ2v) is 4.53. The molecule has 0 bridgehead atoms. The van der Waals surface area contributed by atoms with Crippen molar-refractivity contribution in [2.24, 2.45) is 5.92 Å². The van der Waals surface area contributed by atoms with Gasteiger partial charge in [-0.2, -0.15) is 8.78 Å². The summed E-state index contributed by atoms with van der Waals surface area (Å²) in [5, 5.41) is 19.5. The second kappa shape index (κ2) is 5.85. The molecular formula is C13H13F2O5-. The van der Waals surface area contributed by atoms with E-state index in [0.717, 1.165) is 0 Å². The van der Waals surface area contributed by atoms with Gasteiger partial charge in [0.1, 0.15) is 11.7 Å². The van der Waals surface area contributed by atoms with Gasteiger partial charge < -0.3 is 19.7 Å². The number of phenols is 1. The number of rotatable bonds is 5. The molecule has 0 aliphatic heterocycles. The molecule has 20 heavy (non-hydrogen) atoms. The molecule has 5 nitrogen and oxygen atoms in total. The van der Waals surface area contributed by atoms with Crippen LogP contribution in [0.1, 0.15) is 24.2 Å². The number of phenolic OH excluding ortho intramolecular Hbond substituents is 1. The van der Waals surface area contributed by atoms with E-state index in [-0.39, 0.29) is 11.3 Å². The predicted molar refractivity (Wildman–Crippen MR) is 62.1 cm³/mol. The van der Waals surface area contributed by atoms with Gasteiger partial charge >= 0.3 is 11.9 Å². The Morgan fingerprint density at radius 2 is 1.75 bits per heavy atom. The number of esters is 1. The molecule has 0 saturated heterocycles. The van der Waals surface area contributed by atoms with E-state index in [1.165, 1.54) is 38.1 Å². The predicted octanol–water partition coefficient (Wildman–Crippen LogP) is 0.959. The molecule has 0 aliphatic rings. The molecule has 1 unspecified atom stereocenters. The maximum absolute atomic E-state index is 13.4. The van der Waals surface area contributed by atoms with Crippen LogP contribution in [0.5, 0.6) is 5.75 Å². The smallest absolute Gasteiger partial charge is 0.338 e. The third-order valence-electron chi connectivity index (χ3n) is 2.57. The summed E-state index contributed by atoms with van der Waals surface area (Å²) in [6, 6.07) is 4.70. The largest absolute Gasteiger partial charge is 0.544 e. The molecule has 1 aromatic carbocycles. The number of ether oxygens (including phenoxy) is 1. The van der Waals surface area contributed by atoms with Crippen molar-refractivity contribution in [3.05, 3.63) is 29.8 Å². The first-order valence-electron chi connectivity index (χ1n) is 5.75. The lowest BCUT2D eigenvalue weighted by molar-refractivity contribution is -0.337. The van der Waals surface area contributed by atoms with Gasteiger partial charge in [-0.1, -0.05) is 13.8 Å². The highest BCUT2D eigenvalue weighted by atomic mass is 19.3. The van der Waals surface area contributed by atoms with Gasteiger partial charge in [-0.05, 0) is 30.2 Å². The van der Waals surface area contributed by atoms with Crippen LogP contribution >= 0.6 is 0 Å². The van der Waals surface area contributed by atoms with Crippen LogP contribution in [-0.2, 0) is 9.53 Å². The van der Waals surface area contributed by atoms with E-state index in [1.807, 2.05) is 0 Å². The van der Waals surface area contributed by atoms with Gasteiger partial charge in [-0.15, -0.1) is 0 Å².